The van der Waals surface area contributed by atoms with Crippen LogP contribution in [0.25, 0.3) is 0 Å². The SMILES string of the molecule is CSCCC(CN)N(C)C1CCOC1. The van der Waals surface area contributed by atoms with Crippen LogP contribution in [-0.4, -0.2) is 55.8 Å². The van der Waals surface area contributed by atoms with Crippen molar-refractivity contribution in [2.75, 3.05) is 38.8 Å². The van der Waals surface area contributed by atoms with Crippen molar-refractivity contribution in [3.8, 4) is 0 Å². The predicted octanol–water partition coefficient (Wildman–Crippen LogP) is 0.787. The van der Waals surface area contributed by atoms with Crippen molar-refractivity contribution in [1.82, 2.24) is 4.90 Å². The zero-order valence-corrected chi connectivity index (χ0v) is 10.1. The van der Waals surface area contributed by atoms with Gasteiger partial charge < -0.3 is 10.5 Å². The van der Waals surface area contributed by atoms with Gasteiger partial charge in [0.2, 0.25) is 0 Å². The number of nitrogens with two attached hydrogens (primary N) is 1. The Hall–Kier alpha value is 0.230. The summed E-state index contributed by atoms with van der Waals surface area (Å²) in [5.74, 6) is 1.19. The Balaban J connectivity index is 2.33. The summed E-state index contributed by atoms with van der Waals surface area (Å²) in [5.41, 5.74) is 5.79. The standard InChI is InChI=1S/C10H22N2OS/c1-12(10-3-5-13-8-10)9(7-11)4-6-14-2/h9-10H,3-8,11H2,1-2H3. The summed E-state index contributed by atoms with van der Waals surface area (Å²) < 4.78 is 5.39. The van der Waals surface area contributed by atoms with Gasteiger partial charge in [-0.25, -0.2) is 0 Å². The van der Waals surface area contributed by atoms with Crippen LogP contribution in [0.4, 0.5) is 0 Å². The van der Waals surface area contributed by atoms with Crippen molar-refractivity contribution in [2.45, 2.75) is 24.9 Å². The molecule has 2 unspecified atom stereocenters. The third kappa shape index (κ3) is 3.42. The lowest BCUT2D eigenvalue weighted by Gasteiger charge is -2.31. The van der Waals surface area contributed by atoms with Gasteiger partial charge in [0.15, 0.2) is 0 Å². The number of hydrogen-bond acceptors (Lipinski definition) is 4. The maximum atomic E-state index is 5.79. The van der Waals surface area contributed by atoms with Crippen LogP contribution in [0.15, 0.2) is 0 Å². The Morgan fingerprint density at radius 3 is 2.93 bits per heavy atom. The van der Waals surface area contributed by atoms with E-state index in [0.717, 1.165) is 26.2 Å². The lowest BCUT2D eigenvalue weighted by molar-refractivity contribution is 0.133. The van der Waals surface area contributed by atoms with E-state index >= 15 is 0 Å². The Morgan fingerprint density at radius 1 is 1.64 bits per heavy atom. The topological polar surface area (TPSA) is 38.5 Å². The largest absolute Gasteiger partial charge is 0.380 e. The average molecular weight is 218 g/mol. The summed E-state index contributed by atoms with van der Waals surface area (Å²) in [7, 11) is 2.18. The molecular weight excluding hydrogens is 196 g/mol. The molecule has 0 bridgehead atoms. The Bertz CT molecular complexity index is 151. The molecule has 1 saturated heterocycles. The van der Waals surface area contributed by atoms with Crippen LogP contribution in [-0.2, 0) is 4.74 Å². The highest BCUT2D eigenvalue weighted by Crippen LogP contribution is 2.15. The average Bonchev–Trinajstić information content (AvgIpc) is 2.71. The first-order valence-corrected chi connectivity index (χ1v) is 6.67. The zero-order valence-electron chi connectivity index (χ0n) is 9.24. The van der Waals surface area contributed by atoms with Crippen molar-refractivity contribution in [2.24, 2.45) is 5.73 Å². The fourth-order valence-corrected chi connectivity index (χ4v) is 2.39. The summed E-state index contributed by atoms with van der Waals surface area (Å²) in [6, 6.07) is 1.11. The summed E-state index contributed by atoms with van der Waals surface area (Å²) in [4.78, 5) is 2.41. The van der Waals surface area contributed by atoms with Crippen LogP contribution in [0.1, 0.15) is 12.8 Å². The first-order valence-electron chi connectivity index (χ1n) is 5.28. The smallest absolute Gasteiger partial charge is 0.0622 e. The maximum Gasteiger partial charge on any atom is 0.0622 e. The van der Waals surface area contributed by atoms with Gasteiger partial charge in [-0.3, -0.25) is 4.90 Å². The molecule has 0 aromatic heterocycles. The van der Waals surface area contributed by atoms with E-state index in [1.807, 2.05) is 11.8 Å². The van der Waals surface area contributed by atoms with Crippen LogP contribution in [0, 0.1) is 0 Å². The molecule has 4 heteroatoms. The predicted molar refractivity (Wildman–Crippen MR) is 62.8 cm³/mol. The van der Waals surface area contributed by atoms with Crippen molar-refractivity contribution in [3.05, 3.63) is 0 Å². The summed E-state index contributed by atoms with van der Waals surface area (Å²) in [6.45, 7) is 2.55. The lowest BCUT2D eigenvalue weighted by Crippen LogP contribution is -2.44. The minimum Gasteiger partial charge on any atom is -0.380 e. The van der Waals surface area contributed by atoms with Crippen molar-refractivity contribution >= 4 is 11.8 Å². The number of ether oxygens (including phenoxy) is 1. The number of nitrogens with zero attached hydrogens (tertiary/aromatic N) is 1. The van der Waals surface area contributed by atoms with Gasteiger partial charge in [-0.05, 0) is 31.9 Å². The Morgan fingerprint density at radius 2 is 2.43 bits per heavy atom. The highest BCUT2D eigenvalue weighted by Gasteiger charge is 2.24. The van der Waals surface area contributed by atoms with E-state index in [4.69, 9.17) is 10.5 Å². The molecule has 1 heterocycles. The monoisotopic (exact) mass is 218 g/mol. The molecule has 0 amide bonds. The molecule has 1 rings (SSSR count). The van der Waals surface area contributed by atoms with Crippen LogP contribution < -0.4 is 5.73 Å². The highest BCUT2D eigenvalue weighted by atomic mass is 32.2. The number of likely N-dealkylation sites (N-methyl/N-ethyl adjacent to an activating group) is 1. The second-order valence-electron chi connectivity index (χ2n) is 3.85. The molecule has 1 aliphatic heterocycles. The summed E-state index contributed by atoms with van der Waals surface area (Å²) in [5, 5.41) is 0. The molecule has 2 atom stereocenters. The molecule has 84 valence electrons. The van der Waals surface area contributed by atoms with E-state index in [-0.39, 0.29) is 0 Å². The van der Waals surface area contributed by atoms with E-state index in [2.05, 4.69) is 18.2 Å². The van der Waals surface area contributed by atoms with Gasteiger partial charge in [-0.1, -0.05) is 0 Å². The van der Waals surface area contributed by atoms with Crippen LogP contribution in [0.5, 0.6) is 0 Å². The zero-order chi connectivity index (χ0) is 10.4. The second kappa shape index (κ2) is 6.67. The first-order chi connectivity index (χ1) is 6.79. The van der Waals surface area contributed by atoms with Gasteiger partial charge in [0.05, 0.1) is 6.61 Å². The molecule has 0 radical (unpaired) electrons. The summed E-state index contributed by atoms with van der Waals surface area (Å²) >= 11 is 1.89. The van der Waals surface area contributed by atoms with Crippen LogP contribution in [0.2, 0.25) is 0 Å². The van der Waals surface area contributed by atoms with Gasteiger partial charge in [-0.2, -0.15) is 11.8 Å². The third-order valence-corrected chi connectivity index (χ3v) is 3.63. The lowest BCUT2D eigenvalue weighted by atomic mass is 10.1. The molecule has 1 aliphatic rings. The van der Waals surface area contributed by atoms with E-state index in [1.165, 1.54) is 12.2 Å². The maximum absolute atomic E-state index is 5.79. The molecular formula is C10H22N2OS. The minimum absolute atomic E-state index is 0.522. The molecule has 0 aliphatic carbocycles. The van der Waals surface area contributed by atoms with E-state index < -0.39 is 0 Å². The second-order valence-corrected chi connectivity index (χ2v) is 4.84. The van der Waals surface area contributed by atoms with Gasteiger partial charge in [0.1, 0.15) is 0 Å². The summed E-state index contributed by atoms with van der Waals surface area (Å²) in [6.07, 6.45) is 4.49. The molecule has 0 aromatic carbocycles. The third-order valence-electron chi connectivity index (χ3n) is 2.98. The van der Waals surface area contributed by atoms with E-state index in [9.17, 15) is 0 Å². The van der Waals surface area contributed by atoms with Gasteiger partial charge in [0, 0.05) is 25.2 Å². The minimum atomic E-state index is 0.522. The number of hydrogen-bond donors (Lipinski definition) is 1. The molecule has 0 saturated carbocycles. The number of thioether (sulfide) groups is 1. The van der Waals surface area contributed by atoms with Crippen molar-refractivity contribution in [1.29, 1.82) is 0 Å². The molecule has 0 spiro atoms. The van der Waals surface area contributed by atoms with Gasteiger partial charge in [-0.15, -0.1) is 0 Å². The molecule has 3 nitrogen and oxygen atoms in total. The molecule has 14 heavy (non-hydrogen) atoms. The quantitative estimate of drug-likeness (QED) is 0.715. The fraction of sp³-hybridized carbons (Fsp3) is 1.00. The normalized spacial score (nSPS) is 24.4. The van der Waals surface area contributed by atoms with E-state index in [1.54, 1.807) is 0 Å². The van der Waals surface area contributed by atoms with Crippen LogP contribution in [0.3, 0.4) is 0 Å². The molecule has 0 aromatic rings. The van der Waals surface area contributed by atoms with Gasteiger partial charge >= 0.3 is 0 Å². The van der Waals surface area contributed by atoms with Crippen molar-refractivity contribution < 1.29 is 4.74 Å². The molecule has 1 fully saturated rings. The highest BCUT2D eigenvalue weighted by molar-refractivity contribution is 7.98. The number of rotatable bonds is 6. The fourth-order valence-electron chi connectivity index (χ4n) is 1.88. The van der Waals surface area contributed by atoms with Crippen molar-refractivity contribution in [3.63, 3.8) is 0 Å². The molecule has 2 N–H and O–H groups in total. The Kier molecular flexibility index (Phi) is 5.86. The Labute approximate surface area is 91.4 Å². The van der Waals surface area contributed by atoms with E-state index in [0.29, 0.717) is 12.1 Å². The van der Waals surface area contributed by atoms with Crippen LogP contribution >= 0.6 is 11.8 Å². The first kappa shape index (κ1) is 12.3. The van der Waals surface area contributed by atoms with Gasteiger partial charge in [0.25, 0.3) is 0 Å².